The second kappa shape index (κ2) is 16.2. The Morgan fingerprint density at radius 3 is 2.25 bits per heavy atom. The number of aliphatic carboxylic acids is 2. The summed E-state index contributed by atoms with van der Waals surface area (Å²) in [5, 5.41) is 18.1. The van der Waals surface area contributed by atoms with Crippen molar-refractivity contribution in [1.82, 2.24) is 14.3 Å². The molecule has 2 aromatic heterocycles. The molecule has 5 aromatic rings. The Morgan fingerprint density at radius 2 is 1.65 bits per heavy atom. The van der Waals surface area contributed by atoms with Crippen molar-refractivity contribution in [2.75, 3.05) is 12.4 Å². The molecule has 0 aliphatic heterocycles. The number of hydrogen-bond donors (Lipinski definition) is 4. The smallest absolute Gasteiger partial charge is 0.414 e. The van der Waals surface area contributed by atoms with Crippen LogP contribution in [-0.4, -0.2) is 67.6 Å². The van der Waals surface area contributed by atoms with Crippen LogP contribution in [0.25, 0.3) is 16.6 Å². The molecule has 0 aliphatic carbocycles. The maximum atomic E-state index is 15.2. The largest absolute Gasteiger partial charge is 0.497 e. The summed E-state index contributed by atoms with van der Waals surface area (Å²) in [6.07, 6.45) is 0.880. The number of pyridine rings is 1. The number of hydrogen-bond acceptors (Lipinski definition) is 10. The lowest BCUT2D eigenvalue weighted by Gasteiger charge is -2.19. The Hall–Kier alpha value is -6.55. The number of carbonyl (C=O) groups excluding carboxylic acids is 2. The number of nitrogens with zero attached hydrogens (tertiary/aromatic N) is 3. The van der Waals surface area contributed by atoms with Gasteiger partial charge in [0.05, 0.1) is 30.6 Å². The van der Waals surface area contributed by atoms with Gasteiger partial charge in [0.2, 0.25) is 0 Å². The molecule has 1 amide bonds. The predicted octanol–water partition coefficient (Wildman–Crippen LogP) is 4.12. The third kappa shape index (κ3) is 8.93. The van der Waals surface area contributed by atoms with E-state index in [4.69, 9.17) is 39.7 Å². The number of amides is 1. The van der Waals surface area contributed by atoms with Gasteiger partial charge in [-0.05, 0) is 63.2 Å². The molecule has 51 heavy (non-hydrogen) atoms. The van der Waals surface area contributed by atoms with Crippen LogP contribution in [0.15, 0.2) is 83.8 Å². The monoisotopic (exact) mass is 703 g/mol. The first-order valence-electron chi connectivity index (χ1n) is 15.2. The molecule has 16 heteroatoms. The number of fused-ring (bicyclic) bond motifs is 1. The standard InChI is InChI=1S/C33H32FN5O6.C2H2O4/c1-19(44-33(42)20(2)35)18-38-21(3)30(32(41)39(38)23-8-6-5-7-9-23)31(40)37-22-10-13-29(26(34)16-22)45-28-14-15-36-27-17-24(43-4)11-12-25(27)28;3-1(4)2(5)6/h5-17,19-20H,18,35H2,1-4H3,(H,37,40);(H,3,4)(H,5,6)/t19-,20+;/m1./s1. The number of nitrogens with two attached hydrogens (primary N) is 1. The summed E-state index contributed by atoms with van der Waals surface area (Å²) in [5.41, 5.74) is 6.45. The molecule has 3 aromatic carbocycles. The van der Waals surface area contributed by atoms with E-state index in [1.807, 2.05) is 0 Å². The molecular weight excluding hydrogens is 669 g/mol. The highest BCUT2D eigenvalue weighted by Crippen LogP contribution is 2.33. The van der Waals surface area contributed by atoms with Crippen molar-refractivity contribution in [2.24, 2.45) is 5.73 Å². The van der Waals surface area contributed by atoms with E-state index in [9.17, 15) is 14.4 Å². The molecule has 5 N–H and O–H groups in total. The summed E-state index contributed by atoms with van der Waals surface area (Å²) in [5.74, 6) is -4.76. The van der Waals surface area contributed by atoms with Gasteiger partial charge in [0, 0.05) is 29.4 Å². The third-order valence-electron chi connectivity index (χ3n) is 7.25. The fourth-order valence-corrected chi connectivity index (χ4v) is 4.83. The Morgan fingerprint density at radius 1 is 0.961 bits per heavy atom. The minimum atomic E-state index is -1.82. The summed E-state index contributed by atoms with van der Waals surface area (Å²) >= 11 is 0. The Bertz CT molecular complexity index is 2130. The fourth-order valence-electron chi connectivity index (χ4n) is 4.83. The van der Waals surface area contributed by atoms with Crippen LogP contribution in [0.2, 0.25) is 0 Å². The van der Waals surface area contributed by atoms with E-state index in [1.54, 1.807) is 86.4 Å². The number of halogens is 1. The van der Waals surface area contributed by atoms with Crippen molar-refractivity contribution >= 4 is 40.4 Å². The van der Waals surface area contributed by atoms with E-state index in [0.29, 0.717) is 33.8 Å². The Labute approximate surface area is 289 Å². The number of aromatic nitrogens is 3. The van der Waals surface area contributed by atoms with E-state index < -0.39 is 47.3 Å². The first-order chi connectivity index (χ1) is 24.2. The highest BCUT2D eigenvalue weighted by atomic mass is 19.1. The fraction of sp³-hybridized carbons (Fsp3) is 0.200. The predicted molar refractivity (Wildman–Crippen MR) is 182 cm³/mol. The zero-order valence-electron chi connectivity index (χ0n) is 27.8. The van der Waals surface area contributed by atoms with Gasteiger partial charge in [0.15, 0.2) is 11.6 Å². The van der Waals surface area contributed by atoms with Crippen LogP contribution in [-0.2, 0) is 25.7 Å². The number of para-hydroxylation sites is 1. The van der Waals surface area contributed by atoms with Crippen LogP contribution in [0.5, 0.6) is 17.2 Å². The van der Waals surface area contributed by atoms with Gasteiger partial charge in [-0.25, -0.2) is 18.7 Å². The first-order valence-corrected chi connectivity index (χ1v) is 15.2. The van der Waals surface area contributed by atoms with Crippen LogP contribution in [0.3, 0.4) is 0 Å². The van der Waals surface area contributed by atoms with Crippen LogP contribution in [0.4, 0.5) is 10.1 Å². The lowest BCUT2D eigenvalue weighted by Crippen LogP contribution is -2.34. The summed E-state index contributed by atoms with van der Waals surface area (Å²) in [6.45, 7) is 4.86. The molecule has 0 unspecified atom stereocenters. The van der Waals surface area contributed by atoms with Crippen LogP contribution in [0.1, 0.15) is 29.9 Å². The number of benzene rings is 3. The van der Waals surface area contributed by atoms with Crippen molar-refractivity contribution in [3.05, 3.63) is 106 Å². The van der Waals surface area contributed by atoms with Gasteiger partial charge in [-0.2, -0.15) is 0 Å². The average Bonchev–Trinajstić information content (AvgIpc) is 3.34. The van der Waals surface area contributed by atoms with Gasteiger partial charge in [-0.1, -0.05) is 18.2 Å². The van der Waals surface area contributed by atoms with Crippen molar-refractivity contribution in [3.63, 3.8) is 0 Å². The van der Waals surface area contributed by atoms with Crippen molar-refractivity contribution in [2.45, 2.75) is 39.5 Å². The molecule has 0 aliphatic rings. The zero-order valence-corrected chi connectivity index (χ0v) is 27.8. The number of ether oxygens (including phenoxy) is 3. The summed E-state index contributed by atoms with van der Waals surface area (Å²) in [6, 6.07) is 18.8. The number of carboxylic acids is 2. The lowest BCUT2D eigenvalue weighted by atomic mass is 10.2. The molecule has 15 nitrogen and oxygen atoms in total. The van der Waals surface area contributed by atoms with Crippen molar-refractivity contribution in [1.29, 1.82) is 0 Å². The zero-order chi connectivity index (χ0) is 37.4. The normalized spacial score (nSPS) is 11.8. The van der Waals surface area contributed by atoms with Gasteiger partial charge >= 0.3 is 17.9 Å². The molecular formula is C35H34FN5O10. The molecule has 5 rings (SSSR count). The number of esters is 1. The number of anilines is 1. The maximum absolute atomic E-state index is 15.2. The van der Waals surface area contributed by atoms with E-state index in [1.165, 1.54) is 23.7 Å². The Balaban J connectivity index is 0.000000894. The minimum Gasteiger partial charge on any atom is -0.497 e. The number of carboxylic acid groups (broad SMARTS) is 2. The average molecular weight is 704 g/mol. The highest BCUT2D eigenvalue weighted by Gasteiger charge is 2.26. The number of carbonyl (C=O) groups is 4. The summed E-state index contributed by atoms with van der Waals surface area (Å²) in [7, 11) is 1.55. The molecule has 0 fully saturated rings. The van der Waals surface area contributed by atoms with Gasteiger partial charge in [-0.15, -0.1) is 0 Å². The quantitative estimate of drug-likeness (QED) is 0.119. The van der Waals surface area contributed by atoms with Gasteiger partial charge in [-0.3, -0.25) is 24.0 Å². The maximum Gasteiger partial charge on any atom is 0.414 e. The van der Waals surface area contributed by atoms with E-state index in [2.05, 4.69) is 10.3 Å². The second-order valence-electron chi connectivity index (χ2n) is 11.0. The van der Waals surface area contributed by atoms with E-state index >= 15 is 4.39 Å². The van der Waals surface area contributed by atoms with E-state index in [-0.39, 0.29) is 23.5 Å². The minimum absolute atomic E-state index is 0.0683. The van der Waals surface area contributed by atoms with E-state index in [0.717, 1.165) is 6.07 Å². The second-order valence-corrected chi connectivity index (χ2v) is 11.0. The van der Waals surface area contributed by atoms with Crippen molar-refractivity contribution in [3.8, 4) is 22.9 Å². The molecule has 0 bridgehead atoms. The van der Waals surface area contributed by atoms with Gasteiger partial charge < -0.3 is 35.5 Å². The van der Waals surface area contributed by atoms with Crippen LogP contribution >= 0.6 is 0 Å². The lowest BCUT2D eigenvalue weighted by molar-refractivity contribution is -0.159. The number of nitrogens with one attached hydrogen (secondary N) is 1. The Kier molecular flexibility index (Phi) is 11.9. The van der Waals surface area contributed by atoms with Crippen LogP contribution in [0, 0.1) is 12.7 Å². The SMILES string of the molecule is COc1ccc2c(Oc3ccc(NC(=O)c4c(C)n(C[C@@H](C)OC(=O)[C@H](C)N)n(-c5ccccc5)c4=O)cc3F)ccnc2c1.O=C(O)C(=O)O. The molecule has 266 valence electrons. The molecule has 0 saturated heterocycles. The third-order valence-corrected chi connectivity index (χ3v) is 7.25. The number of rotatable bonds is 10. The van der Waals surface area contributed by atoms with Crippen LogP contribution < -0.4 is 26.1 Å². The van der Waals surface area contributed by atoms with Gasteiger partial charge in [0.1, 0.15) is 29.2 Å². The molecule has 2 heterocycles. The summed E-state index contributed by atoms with van der Waals surface area (Å²) < 4.78 is 34.6. The topological polar surface area (TPSA) is 214 Å². The molecule has 0 radical (unpaired) electrons. The van der Waals surface area contributed by atoms with Crippen molar-refractivity contribution < 1.29 is 48.0 Å². The first kappa shape index (κ1) is 37.3. The summed E-state index contributed by atoms with van der Waals surface area (Å²) in [4.78, 5) is 61.7. The number of methoxy groups -OCH3 is 1. The molecule has 2 atom stereocenters. The molecule has 0 saturated carbocycles. The van der Waals surface area contributed by atoms with Gasteiger partial charge in [0.25, 0.3) is 11.5 Å². The molecule has 0 spiro atoms. The highest BCUT2D eigenvalue weighted by molar-refractivity contribution is 6.27.